The standard InChI is InChI=1S/C14H16N2O4S/c1-2-20-13(18)11-7-15-14(19)16-12(11)8-21-10-5-3-4-9(17)6-10/h3-6,17H,2,7-8H2,1H3,(H2,15,16,19). The van der Waals surface area contributed by atoms with E-state index >= 15 is 0 Å². The maximum atomic E-state index is 11.9. The van der Waals surface area contributed by atoms with Gasteiger partial charge in [-0.2, -0.15) is 0 Å². The van der Waals surface area contributed by atoms with Gasteiger partial charge in [0.2, 0.25) is 0 Å². The van der Waals surface area contributed by atoms with Gasteiger partial charge in [-0.25, -0.2) is 9.59 Å². The number of amides is 2. The molecule has 1 heterocycles. The van der Waals surface area contributed by atoms with Gasteiger partial charge in [0.05, 0.1) is 18.7 Å². The van der Waals surface area contributed by atoms with E-state index in [1.165, 1.54) is 11.8 Å². The van der Waals surface area contributed by atoms with Crippen molar-refractivity contribution in [2.45, 2.75) is 11.8 Å². The Hall–Kier alpha value is -2.15. The number of rotatable bonds is 5. The van der Waals surface area contributed by atoms with Crippen LogP contribution in [0.3, 0.4) is 0 Å². The Morgan fingerprint density at radius 2 is 2.29 bits per heavy atom. The molecular weight excluding hydrogens is 292 g/mol. The summed E-state index contributed by atoms with van der Waals surface area (Å²) in [5.41, 5.74) is 0.953. The zero-order valence-electron chi connectivity index (χ0n) is 11.5. The van der Waals surface area contributed by atoms with E-state index in [1.54, 1.807) is 25.1 Å². The number of carbonyl (C=O) groups is 2. The van der Waals surface area contributed by atoms with Crippen LogP contribution in [0.4, 0.5) is 4.79 Å². The number of esters is 1. The predicted octanol–water partition coefficient (Wildman–Crippen LogP) is 1.61. The summed E-state index contributed by atoms with van der Waals surface area (Å²) in [6, 6.07) is 6.45. The van der Waals surface area contributed by atoms with Crippen molar-refractivity contribution >= 4 is 23.8 Å². The number of ether oxygens (including phenoxy) is 1. The molecule has 2 rings (SSSR count). The van der Waals surface area contributed by atoms with E-state index < -0.39 is 5.97 Å². The molecule has 7 heteroatoms. The molecule has 0 atom stereocenters. The van der Waals surface area contributed by atoms with Crippen LogP contribution in [0.2, 0.25) is 0 Å². The van der Waals surface area contributed by atoms with Crippen LogP contribution in [0.25, 0.3) is 0 Å². The largest absolute Gasteiger partial charge is 0.508 e. The number of hydrogen-bond acceptors (Lipinski definition) is 5. The minimum atomic E-state index is -0.434. The van der Waals surface area contributed by atoms with Crippen molar-refractivity contribution in [3.05, 3.63) is 35.5 Å². The Morgan fingerprint density at radius 1 is 1.48 bits per heavy atom. The lowest BCUT2D eigenvalue weighted by atomic mass is 10.2. The van der Waals surface area contributed by atoms with Gasteiger partial charge in [0.15, 0.2) is 0 Å². The van der Waals surface area contributed by atoms with E-state index in [1.807, 2.05) is 6.07 Å². The van der Waals surface area contributed by atoms with E-state index in [9.17, 15) is 14.7 Å². The molecule has 0 bridgehead atoms. The van der Waals surface area contributed by atoms with E-state index in [0.717, 1.165) is 4.90 Å². The highest BCUT2D eigenvalue weighted by Crippen LogP contribution is 2.25. The van der Waals surface area contributed by atoms with Gasteiger partial charge in [-0.05, 0) is 25.1 Å². The number of nitrogens with one attached hydrogen (secondary N) is 2. The van der Waals surface area contributed by atoms with E-state index in [-0.39, 0.29) is 24.9 Å². The fraction of sp³-hybridized carbons (Fsp3) is 0.286. The maximum absolute atomic E-state index is 11.9. The average Bonchev–Trinajstić information content (AvgIpc) is 2.45. The highest BCUT2D eigenvalue weighted by molar-refractivity contribution is 7.99. The van der Waals surface area contributed by atoms with Crippen LogP contribution >= 0.6 is 11.8 Å². The average molecular weight is 308 g/mol. The quantitative estimate of drug-likeness (QED) is 0.568. The van der Waals surface area contributed by atoms with Crippen molar-refractivity contribution in [1.82, 2.24) is 10.6 Å². The Balaban J connectivity index is 2.12. The van der Waals surface area contributed by atoms with Crippen molar-refractivity contribution < 1.29 is 19.4 Å². The summed E-state index contributed by atoms with van der Waals surface area (Å²) >= 11 is 1.41. The van der Waals surface area contributed by atoms with Gasteiger partial charge in [-0.1, -0.05) is 6.07 Å². The van der Waals surface area contributed by atoms with Gasteiger partial charge < -0.3 is 20.5 Å². The Bertz CT molecular complexity index is 586. The molecule has 0 aromatic heterocycles. The van der Waals surface area contributed by atoms with Crippen LogP contribution in [0.1, 0.15) is 6.92 Å². The van der Waals surface area contributed by atoms with Crippen LogP contribution in [-0.4, -0.2) is 36.0 Å². The molecule has 0 saturated heterocycles. The number of phenols is 1. The molecule has 2 amide bonds. The molecule has 1 aliphatic rings. The number of carbonyl (C=O) groups excluding carboxylic acids is 2. The third kappa shape index (κ3) is 4.16. The van der Waals surface area contributed by atoms with Crippen LogP contribution in [-0.2, 0) is 9.53 Å². The lowest BCUT2D eigenvalue weighted by Gasteiger charge is -2.21. The Kier molecular flexibility index (Phi) is 5.10. The van der Waals surface area contributed by atoms with Crippen molar-refractivity contribution in [2.24, 2.45) is 0 Å². The second kappa shape index (κ2) is 7.03. The summed E-state index contributed by atoms with van der Waals surface area (Å²) in [7, 11) is 0. The summed E-state index contributed by atoms with van der Waals surface area (Å²) < 4.78 is 4.98. The zero-order chi connectivity index (χ0) is 15.2. The molecule has 21 heavy (non-hydrogen) atoms. The highest BCUT2D eigenvalue weighted by Gasteiger charge is 2.23. The summed E-state index contributed by atoms with van der Waals surface area (Å²) in [6.07, 6.45) is 0. The van der Waals surface area contributed by atoms with Gasteiger partial charge >= 0.3 is 12.0 Å². The van der Waals surface area contributed by atoms with E-state index in [4.69, 9.17) is 4.74 Å². The summed E-state index contributed by atoms with van der Waals surface area (Å²) in [5, 5.41) is 14.6. The molecular formula is C14H16N2O4S. The number of thioether (sulfide) groups is 1. The van der Waals surface area contributed by atoms with Gasteiger partial charge in [-0.15, -0.1) is 11.8 Å². The predicted molar refractivity (Wildman–Crippen MR) is 79.0 cm³/mol. The SMILES string of the molecule is CCOC(=O)C1=C(CSc2cccc(O)c2)NC(=O)NC1. The molecule has 1 aliphatic heterocycles. The number of urea groups is 1. The first-order valence-corrected chi connectivity index (χ1v) is 7.44. The molecule has 1 aromatic carbocycles. The normalized spacial score (nSPS) is 14.4. The minimum absolute atomic E-state index is 0.153. The fourth-order valence-electron chi connectivity index (χ4n) is 1.80. The molecule has 1 aromatic rings. The minimum Gasteiger partial charge on any atom is -0.508 e. The number of hydrogen-bond donors (Lipinski definition) is 3. The first-order valence-electron chi connectivity index (χ1n) is 6.46. The molecule has 0 unspecified atom stereocenters. The molecule has 0 spiro atoms. The molecule has 0 fully saturated rings. The lowest BCUT2D eigenvalue weighted by molar-refractivity contribution is -0.138. The van der Waals surface area contributed by atoms with Crippen molar-refractivity contribution in [1.29, 1.82) is 0 Å². The highest BCUT2D eigenvalue weighted by atomic mass is 32.2. The topological polar surface area (TPSA) is 87.7 Å². The first kappa shape index (κ1) is 15.2. The van der Waals surface area contributed by atoms with Crippen molar-refractivity contribution in [3.8, 4) is 5.75 Å². The van der Waals surface area contributed by atoms with Crippen LogP contribution in [0.5, 0.6) is 5.75 Å². The molecule has 0 radical (unpaired) electrons. The first-order chi connectivity index (χ1) is 10.1. The van der Waals surface area contributed by atoms with Gasteiger partial charge in [-0.3, -0.25) is 0 Å². The summed E-state index contributed by atoms with van der Waals surface area (Å²) in [5.74, 6) is 0.149. The van der Waals surface area contributed by atoms with Crippen LogP contribution < -0.4 is 10.6 Å². The number of benzene rings is 1. The van der Waals surface area contributed by atoms with Crippen LogP contribution in [0.15, 0.2) is 40.4 Å². The fourth-order valence-corrected chi connectivity index (χ4v) is 2.73. The number of phenolic OH excluding ortho intramolecular Hbond substituents is 1. The van der Waals surface area contributed by atoms with Gasteiger partial charge in [0.1, 0.15) is 5.75 Å². The maximum Gasteiger partial charge on any atom is 0.337 e. The third-order valence-electron chi connectivity index (χ3n) is 2.78. The second-order valence-electron chi connectivity index (χ2n) is 4.27. The van der Waals surface area contributed by atoms with E-state index in [2.05, 4.69) is 10.6 Å². The smallest absolute Gasteiger partial charge is 0.337 e. The summed E-state index contributed by atoms with van der Waals surface area (Å²) in [4.78, 5) is 24.1. The van der Waals surface area contributed by atoms with Gasteiger partial charge in [0, 0.05) is 16.3 Å². The number of aromatic hydroxyl groups is 1. The van der Waals surface area contributed by atoms with Crippen molar-refractivity contribution in [2.75, 3.05) is 18.9 Å². The zero-order valence-corrected chi connectivity index (χ0v) is 12.3. The second-order valence-corrected chi connectivity index (χ2v) is 5.32. The monoisotopic (exact) mass is 308 g/mol. The van der Waals surface area contributed by atoms with E-state index in [0.29, 0.717) is 17.0 Å². The molecule has 6 nitrogen and oxygen atoms in total. The summed E-state index contributed by atoms with van der Waals surface area (Å²) in [6.45, 7) is 2.17. The lowest BCUT2D eigenvalue weighted by Crippen LogP contribution is -2.44. The third-order valence-corrected chi connectivity index (χ3v) is 3.80. The Morgan fingerprint density at radius 3 is 3.00 bits per heavy atom. The Labute approximate surface area is 126 Å². The molecule has 3 N–H and O–H groups in total. The molecule has 0 saturated carbocycles. The van der Waals surface area contributed by atoms with Gasteiger partial charge in [0.25, 0.3) is 0 Å². The molecule has 0 aliphatic carbocycles. The molecule has 112 valence electrons. The van der Waals surface area contributed by atoms with Crippen molar-refractivity contribution in [3.63, 3.8) is 0 Å². The van der Waals surface area contributed by atoms with Crippen LogP contribution in [0, 0.1) is 0 Å².